The zero-order valence-corrected chi connectivity index (χ0v) is 5.03. The van der Waals surface area contributed by atoms with Crippen LogP contribution in [0.15, 0.2) is 0 Å². The summed E-state index contributed by atoms with van der Waals surface area (Å²) in [6, 6.07) is 0. The lowest BCUT2D eigenvalue weighted by atomic mass is 9.86. The van der Waals surface area contributed by atoms with Crippen molar-refractivity contribution in [2.24, 2.45) is 5.41 Å². The molecule has 0 N–H and O–H groups in total. The van der Waals surface area contributed by atoms with Gasteiger partial charge in [-0.3, -0.25) is 0 Å². The molecule has 1 rings (SSSR count). The van der Waals surface area contributed by atoms with Crippen LogP contribution in [0.5, 0.6) is 0 Å². The van der Waals surface area contributed by atoms with Crippen LogP contribution in [0, 0.1) is 5.41 Å². The summed E-state index contributed by atoms with van der Waals surface area (Å²) in [5.41, 5.74) is 0.542. The maximum Gasteiger partial charge on any atom is 0.0542 e. The maximum atomic E-state index is 5.03. The van der Waals surface area contributed by atoms with Gasteiger partial charge in [0.15, 0.2) is 0 Å². The van der Waals surface area contributed by atoms with E-state index in [9.17, 15) is 0 Å². The topological polar surface area (TPSA) is 9.23 Å². The monoisotopic (exact) mass is 116 g/mol. The highest BCUT2D eigenvalue weighted by atomic mass is 16.5. The molecular weight excluding hydrogens is 100 g/mol. The minimum atomic E-state index is 0. The van der Waals surface area contributed by atoms with Crippen LogP contribution in [-0.2, 0) is 4.74 Å². The summed E-state index contributed by atoms with van der Waals surface area (Å²) in [7, 11) is 0. The first-order valence-corrected chi connectivity index (χ1v) is 2.85. The fourth-order valence-corrected chi connectivity index (χ4v) is 0.655. The molecule has 0 amide bonds. The highest BCUT2D eigenvalue weighted by molar-refractivity contribution is 4.78. The van der Waals surface area contributed by atoms with Gasteiger partial charge in [0.2, 0.25) is 0 Å². The van der Waals surface area contributed by atoms with E-state index in [0.717, 1.165) is 13.2 Å². The molecule has 0 bridgehead atoms. The number of rotatable bonds is 1. The van der Waals surface area contributed by atoms with Crippen LogP contribution in [0.4, 0.5) is 0 Å². The molecule has 1 fully saturated rings. The lowest BCUT2D eigenvalue weighted by molar-refractivity contribution is -0.103. The fourth-order valence-electron chi connectivity index (χ4n) is 0.655. The first-order chi connectivity index (χ1) is 3.27. The minimum absolute atomic E-state index is 0. The molecular formula is C7H16O. The van der Waals surface area contributed by atoms with Gasteiger partial charge in [-0.05, 0) is 6.42 Å². The van der Waals surface area contributed by atoms with E-state index in [-0.39, 0.29) is 7.43 Å². The lowest BCUT2D eigenvalue weighted by Crippen LogP contribution is -2.38. The molecule has 0 spiro atoms. The van der Waals surface area contributed by atoms with Crippen molar-refractivity contribution in [1.29, 1.82) is 0 Å². The summed E-state index contributed by atoms with van der Waals surface area (Å²) in [4.78, 5) is 0. The lowest BCUT2D eigenvalue weighted by Gasteiger charge is -2.36. The van der Waals surface area contributed by atoms with Crippen molar-refractivity contribution in [3.05, 3.63) is 0 Å². The van der Waals surface area contributed by atoms with Crippen LogP contribution in [0.2, 0.25) is 0 Å². The second kappa shape index (κ2) is 2.49. The van der Waals surface area contributed by atoms with Gasteiger partial charge in [-0.2, -0.15) is 0 Å². The van der Waals surface area contributed by atoms with E-state index >= 15 is 0 Å². The molecule has 1 aliphatic heterocycles. The van der Waals surface area contributed by atoms with Gasteiger partial charge in [-0.25, -0.2) is 0 Å². The molecule has 8 heavy (non-hydrogen) atoms. The molecule has 1 nitrogen and oxygen atoms in total. The summed E-state index contributed by atoms with van der Waals surface area (Å²) < 4.78 is 5.03. The highest BCUT2D eigenvalue weighted by Crippen LogP contribution is 2.29. The van der Waals surface area contributed by atoms with Crippen LogP contribution in [0.1, 0.15) is 27.7 Å². The molecule has 1 heteroatoms. The SMILES string of the molecule is C.CCC1(C)COC1. The molecule has 0 radical (unpaired) electrons. The first-order valence-electron chi connectivity index (χ1n) is 2.85. The number of hydrogen-bond donors (Lipinski definition) is 0. The number of hydrogen-bond acceptors (Lipinski definition) is 1. The van der Waals surface area contributed by atoms with Gasteiger partial charge in [-0.15, -0.1) is 0 Å². The van der Waals surface area contributed by atoms with Gasteiger partial charge in [0, 0.05) is 5.41 Å². The Morgan fingerprint density at radius 2 is 2.00 bits per heavy atom. The Kier molecular flexibility index (Phi) is 2.48. The summed E-state index contributed by atoms with van der Waals surface area (Å²) in [5, 5.41) is 0. The smallest absolute Gasteiger partial charge is 0.0542 e. The molecule has 0 aliphatic carbocycles. The van der Waals surface area contributed by atoms with Crippen molar-refractivity contribution in [2.45, 2.75) is 27.7 Å². The van der Waals surface area contributed by atoms with Crippen molar-refractivity contribution in [2.75, 3.05) is 13.2 Å². The molecule has 1 aliphatic rings. The van der Waals surface area contributed by atoms with Crippen molar-refractivity contribution in [1.82, 2.24) is 0 Å². The Balaban J connectivity index is 0.000000490. The van der Waals surface area contributed by atoms with Gasteiger partial charge in [-0.1, -0.05) is 21.3 Å². The fraction of sp³-hybridized carbons (Fsp3) is 1.00. The molecule has 1 saturated heterocycles. The van der Waals surface area contributed by atoms with Gasteiger partial charge in [0.1, 0.15) is 0 Å². The van der Waals surface area contributed by atoms with Crippen LogP contribution in [0.3, 0.4) is 0 Å². The Hall–Kier alpha value is -0.0400. The summed E-state index contributed by atoms with van der Waals surface area (Å²) in [6.45, 7) is 6.42. The van der Waals surface area contributed by atoms with Crippen molar-refractivity contribution in [3.63, 3.8) is 0 Å². The summed E-state index contributed by atoms with van der Waals surface area (Å²) >= 11 is 0. The molecule has 50 valence electrons. The van der Waals surface area contributed by atoms with E-state index in [1.807, 2.05) is 0 Å². The van der Waals surface area contributed by atoms with Gasteiger partial charge < -0.3 is 4.74 Å². The van der Waals surface area contributed by atoms with Gasteiger partial charge >= 0.3 is 0 Å². The van der Waals surface area contributed by atoms with E-state index in [0.29, 0.717) is 5.41 Å². The summed E-state index contributed by atoms with van der Waals surface area (Å²) in [6.07, 6.45) is 1.26. The standard InChI is InChI=1S/C6H12O.CH4/c1-3-6(2)4-7-5-6;/h3-5H2,1-2H3;1H4. The molecule has 0 saturated carbocycles. The average Bonchev–Trinajstić information content (AvgIpc) is 1.61. The van der Waals surface area contributed by atoms with Crippen LogP contribution in [0.25, 0.3) is 0 Å². The van der Waals surface area contributed by atoms with Crippen LogP contribution in [-0.4, -0.2) is 13.2 Å². The van der Waals surface area contributed by atoms with Crippen LogP contribution < -0.4 is 0 Å². The largest absolute Gasteiger partial charge is 0.380 e. The Labute approximate surface area is 52.0 Å². The molecule has 1 heterocycles. The van der Waals surface area contributed by atoms with E-state index in [1.54, 1.807) is 0 Å². The van der Waals surface area contributed by atoms with Gasteiger partial charge in [0.25, 0.3) is 0 Å². The zero-order valence-electron chi connectivity index (χ0n) is 5.03. The second-order valence-electron chi connectivity index (χ2n) is 2.66. The average molecular weight is 116 g/mol. The van der Waals surface area contributed by atoms with E-state index < -0.39 is 0 Å². The Bertz CT molecular complexity index is 59.3. The first kappa shape index (κ1) is 7.96. The highest BCUT2D eigenvalue weighted by Gasteiger charge is 2.30. The number of ether oxygens (including phenoxy) is 1. The third-order valence-corrected chi connectivity index (χ3v) is 1.75. The quantitative estimate of drug-likeness (QED) is 0.509. The molecule has 0 unspecified atom stereocenters. The predicted octanol–water partition coefficient (Wildman–Crippen LogP) is 2.07. The van der Waals surface area contributed by atoms with Crippen molar-refractivity contribution >= 4 is 0 Å². The Morgan fingerprint density at radius 3 is 2.00 bits per heavy atom. The van der Waals surface area contributed by atoms with Crippen molar-refractivity contribution in [3.8, 4) is 0 Å². The van der Waals surface area contributed by atoms with Crippen LogP contribution >= 0.6 is 0 Å². The van der Waals surface area contributed by atoms with E-state index in [1.165, 1.54) is 6.42 Å². The third kappa shape index (κ3) is 1.22. The summed E-state index contributed by atoms with van der Waals surface area (Å²) in [5.74, 6) is 0. The zero-order chi connectivity index (χ0) is 5.33. The molecule has 0 atom stereocenters. The minimum Gasteiger partial charge on any atom is -0.380 e. The Morgan fingerprint density at radius 1 is 1.50 bits per heavy atom. The van der Waals surface area contributed by atoms with E-state index in [2.05, 4.69) is 13.8 Å². The van der Waals surface area contributed by atoms with Gasteiger partial charge in [0.05, 0.1) is 13.2 Å². The predicted molar refractivity (Wildman–Crippen MR) is 35.9 cm³/mol. The van der Waals surface area contributed by atoms with E-state index in [4.69, 9.17) is 4.74 Å². The second-order valence-corrected chi connectivity index (χ2v) is 2.66. The molecule has 0 aromatic rings. The third-order valence-electron chi connectivity index (χ3n) is 1.75. The van der Waals surface area contributed by atoms with Crippen molar-refractivity contribution < 1.29 is 4.74 Å². The molecule has 0 aromatic heterocycles. The molecule has 0 aromatic carbocycles. The normalized spacial score (nSPS) is 23.2. The maximum absolute atomic E-state index is 5.03.